The lowest BCUT2D eigenvalue weighted by molar-refractivity contribution is 0.0453. The van der Waals surface area contributed by atoms with Gasteiger partial charge in [0.25, 0.3) is 0 Å². The molecular weight excluding hydrogens is 248 g/mol. The van der Waals surface area contributed by atoms with Gasteiger partial charge in [0.1, 0.15) is 0 Å². The first-order valence-electron chi connectivity index (χ1n) is 7.11. The summed E-state index contributed by atoms with van der Waals surface area (Å²) in [5, 5.41) is 0. The number of hydrogen-bond acceptors (Lipinski definition) is 2. The Hall–Kier alpha value is -1.64. The molecule has 0 radical (unpaired) electrons. The van der Waals surface area contributed by atoms with Crippen molar-refractivity contribution in [3.05, 3.63) is 59.7 Å². The van der Waals surface area contributed by atoms with Gasteiger partial charge in [-0.05, 0) is 30.5 Å². The van der Waals surface area contributed by atoms with E-state index in [-0.39, 0.29) is 0 Å². The summed E-state index contributed by atoms with van der Waals surface area (Å²) < 4.78 is 10.8. The van der Waals surface area contributed by atoms with Gasteiger partial charge >= 0.3 is 0 Å². The molecule has 0 aliphatic heterocycles. The predicted molar refractivity (Wildman–Crippen MR) is 82.8 cm³/mol. The molecule has 0 atom stereocenters. The van der Waals surface area contributed by atoms with Crippen LogP contribution in [0.2, 0.25) is 0 Å². The molecule has 2 nitrogen and oxygen atoms in total. The SMILES string of the molecule is CCOCCOCc1ccc(-c2ccc(C)cc2)cc1. The van der Waals surface area contributed by atoms with E-state index in [9.17, 15) is 0 Å². The molecule has 2 heteroatoms. The Kier molecular flexibility index (Phi) is 5.78. The van der Waals surface area contributed by atoms with E-state index in [0.29, 0.717) is 19.8 Å². The van der Waals surface area contributed by atoms with E-state index in [1.807, 2.05) is 6.92 Å². The molecule has 0 amide bonds. The van der Waals surface area contributed by atoms with Crippen LogP contribution in [0.4, 0.5) is 0 Å². The number of benzene rings is 2. The van der Waals surface area contributed by atoms with E-state index in [1.165, 1.54) is 22.3 Å². The zero-order valence-electron chi connectivity index (χ0n) is 12.3. The molecule has 0 aliphatic rings. The van der Waals surface area contributed by atoms with E-state index >= 15 is 0 Å². The summed E-state index contributed by atoms with van der Waals surface area (Å²) in [7, 11) is 0. The minimum absolute atomic E-state index is 0.640. The van der Waals surface area contributed by atoms with Crippen LogP contribution in [0.25, 0.3) is 11.1 Å². The van der Waals surface area contributed by atoms with Crippen molar-refractivity contribution in [2.75, 3.05) is 19.8 Å². The quantitative estimate of drug-likeness (QED) is 0.701. The van der Waals surface area contributed by atoms with Gasteiger partial charge in [-0.1, -0.05) is 54.1 Å². The third-order valence-electron chi connectivity index (χ3n) is 3.18. The highest BCUT2D eigenvalue weighted by Crippen LogP contribution is 2.20. The molecule has 2 rings (SSSR count). The summed E-state index contributed by atoms with van der Waals surface area (Å²) >= 11 is 0. The third kappa shape index (κ3) is 4.48. The molecular formula is C18H22O2. The minimum atomic E-state index is 0.640. The number of hydrogen-bond donors (Lipinski definition) is 0. The van der Waals surface area contributed by atoms with Gasteiger partial charge in [0.15, 0.2) is 0 Å². The average Bonchev–Trinajstić information content (AvgIpc) is 2.49. The fraction of sp³-hybridized carbons (Fsp3) is 0.333. The van der Waals surface area contributed by atoms with Gasteiger partial charge in [-0.3, -0.25) is 0 Å². The second-order valence-electron chi connectivity index (χ2n) is 4.81. The zero-order valence-corrected chi connectivity index (χ0v) is 12.3. The van der Waals surface area contributed by atoms with Crippen molar-refractivity contribution >= 4 is 0 Å². The van der Waals surface area contributed by atoms with Crippen molar-refractivity contribution in [3.8, 4) is 11.1 Å². The van der Waals surface area contributed by atoms with Crippen LogP contribution in [0.5, 0.6) is 0 Å². The second kappa shape index (κ2) is 7.83. The number of rotatable bonds is 7. The van der Waals surface area contributed by atoms with E-state index in [0.717, 1.165) is 6.61 Å². The summed E-state index contributed by atoms with van der Waals surface area (Å²) in [6.07, 6.45) is 0. The van der Waals surface area contributed by atoms with E-state index in [1.54, 1.807) is 0 Å². The predicted octanol–water partition coefficient (Wildman–Crippen LogP) is 4.22. The molecule has 0 fully saturated rings. The average molecular weight is 270 g/mol. The van der Waals surface area contributed by atoms with Gasteiger partial charge in [0.05, 0.1) is 19.8 Å². The minimum Gasteiger partial charge on any atom is -0.379 e. The molecule has 0 aliphatic carbocycles. The molecule has 2 aromatic carbocycles. The normalized spacial score (nSPS) is 10.7. The molecule has 0 saturated heterocycles. The first kappa shape index (κ1) is 14.8. The Balaban J connectivity index is 1.88. The van der Waals surface area contributed by atoms with Gasteiger partial charge < -0.3 is 9.47 Å². The van der Waals surface area contributed by atoms with Gasteiger partial charge in [-0.25, -0.2) is 0 Å². The molecule has 20 heavy (non-hydrogen) atoms. The molecule has 106 valence electrons. The topological polar surface area (TPSA) is 18.5 Å². The third-order valence-corrected chi connectivity index (χ3v) is 3.18. The molecule has 0 heterocycles. The lowest BCUT2D eigenvalue weighted by Crippen LogP contribution is -2.03. The highest BCUT2D eigenvalue weighted by Gasteiger charge is 1.98. The lowest BCUT2D eigenvalue weighted by Gasteiger charge is -2.06. The molecule has 0 unspecified atom stereocenters. The van der Waals surface area contributed by atoms with Gasteiger partial charge in [0, 0.05) is 6.61 Å². The molecule has 0 N–H and O–H groups in total. The Morgan fingerprint density at radius 1 is 0.750 bits per heavy atom. The highest BCUT2D eigenvalue weighted by atomic mass is 16.5. The van der Waals surface area contributed by atoms with Crippen LogP contribution in [-0.2, 0) is 16.1 Å². The fourth-order valence-electron chi connectivity index (χ4n) is 1.99. The zero-order chi connectivity index (χ0) is 14.2. The van der Waals surface area contributed by atoms with Crippen LogP contribution < -0.4 is 0 Å². The first-order chi connectivity index (χ1) is 9.79. The largest absolute Gasteiger partial charge is 0.379 e. The van der Waals surface area contributed by atoms with Crippen molar-refractivity contribution in [1.82, 2.24) is 0 Å². The summed E-state index contributed by atoms with van der Waals surface area (Å²) in [6.45, 7) is 6.79. The lowest BCUT2D eigenvalue weighted by atomic mass is 10.0. The van der Waals surface area contributed by atoms with E-state index in [2.05, 4.69) is 55.5 Å². The Bertz CT molecular complexity index is 500. The monoisotopic (exact) mass is 270 g/mol. The summed E-state index contributed by atoms with van der Waals surface area (Å²) in [5.74, 6) is 0. The maximum absolute atomic E-state index is 5.56. The molecule has 0 saturated carbocycles. The molecule has 0 aromatic heterocycles. The van der Waals surface area contributed by atoms with Crippen LogP contribution in [0, 0.1) is 6.92 Å². The fourth-order valence-corrected chi connectivity index (χ4v) is 1.99. The van der Waals surface area contributed by atoms with Crippen LogP contribution in [-0.4, -0.2) is 19.8 Å². The maximum Gasteiger partial charge on any atom is 0.0718 e. The van der Waals surface area contributed by atoms with Crippen molar-refractivity contribution in [2.45, 2.75) is 20.5 Å². The molecule has 2 aromatic rings. The number of aryl methyl sites for hydroxylation is 1. The molecule has 0 spiro atoms. The standard InChI is InChI=1S/C18H22O2/c1-3-19-12-13-20-14-16-6-10-18(11-7-16)17-8-4-15(2)5-9-17/h4-11H,3,12-14H2,1-2H3. The van der Waals surface area contributed by atoms with Crippen molar-refractivity contribution in [1.29, 1.82) is 0 Å². The van der Waals surface area contributed by atoms with Crippen molar-refractivity contribution in [3.63, 3.8) is 0 Å². The Labute approximate surface area is 121 Å². The molecule has 0 bridgehead atoms. The number of ether oxygens (including phenoxy) is 2. The van der Waals surface area contributed by atoms with E-state index in [4.69, 9.17) is 9.47 Å². The van der Waals surface area contributed by atoms with Crippen LogP contribution in [0.15, 0.2) is 48.5 Å². The van der Waals surface area contributed by atoms with Gasteiger partial charge in [-0.15, -0.1) is 0 Å². The van der Waals surface area contributed by atoms with E-state index < -0.39 is 0 Å². The van der Waals surface area contributed by atoms with Crippen LogP contribution >= 0.6 is 0 Å². The van der Waals surface area contributed by atoms with Crippen LogP contribution in [0.3, 0.4) is 0 Å². The Morgan fingerprint density at radius 2 is 1.30 bits per heavy atom. The summed E-state index contributed by atoms with van der Waals surface area (Å²) in [6, 6.07) is 17.1. The van der Waals surface area contributed by atoms with Crippen LogP contribution in [0.1, 0.15) is 18.1 Å². The Morgan fingerprint density at radius 3 is 1.90 bits per heavy atom. The maximum atomic E-state index is 5.56. The van der Waals surface area contributed by atoms with Gasteiger partial charge in [0.2, 0.25) is 0 Å². The smallest absolute Gasteiger partial charge is 0.0718 e. The summed E-state index contributed by atoms with van der Waals surface area (Å²) in [4.78, 5) is 0. The van der Waals surface area contributed by atoms with Crippen molar-refractivity contribution in [2.24, 2.45) is 0 Å². The summed E-state index contributed by atoms with van der Waals surface area (Å²) in [5.41, 5.74) is 4.97. The highest BCUT2D eigenvalue weighted by molar-refractivity contribution is 5.63. The second-order valence-corrected chi connectivity index (χ2v) is 4.81. The van der Waals surface area contributed by atoms with Gasteiger partial charge in [-0.2, -0.15) is 0 Å². The van der Waals surface area contributed by atoms with Crippen molar-refractivity contribution < 1.29 is 9.47 Å². The first-order valence-corrected chi connectivity index (χ1v) is 7.11.